The van der Waals surface area contributed by atoms with Crippen molar-refractivity contribution < 1.29 is 39.5 Å². The Balaban J connectivity index is 0. The second kappa shape index (κ2) is 4.28. The zero-order valence-electron chi connectivity index (χ0n) is 6.10. The number of aliphatic carboxylic acids is 1. The standard InChI is InChI=1S/C5H11NO2.Na/c1-3-5(2,6)4(7)8;/h3,6H2,1-2H3,(H,7,8);/q;+1/p-1. The average molecular weight is 139 g/mol. The molecule has 0 saturated heterocycles. The number of hydrogen-bond acceptors (Lipinski definition) is 3. The Morgan fingerprint density at radius 2 is 2.11 bits per heavy atom. The van der Waals surface area contributed by atoms with Crippen LogP contribution in [0.15, 0.2) is 0 Å². The summed E-state index contributed by atoms with van der Waals surface area (Å²) in [4.78, 5) is 10.0. The van der Waals surface area contributed by atoms with Crippen LogP contribution in [-0.4, -0.2) is 11.5 Å². The Kier molecular flexibility index (Phi) is 5.77. The van der Waals surface area contributed by atoms with E-state index in [1.165, 1.54) is 6.92 Å². The number of carboxylic acid groups (broad SMARTS) is 1. The maximum absolute atomic E-state index is 10.0. The van der Waals surface area contributed by atoms with E-state index in [0.717, 1.165) is 0 Å². The van der Waals surface area contributed by atoms with E-state index in [9.17, 15) is 9.90 Å². The molecule has 0 aliphatic rings. The van der Waals surface area contributed by atoms with Gasteiger partial charge in [-0.3, -0.25) is 0 Å². The topological polar surface area (TPSA) is 66.2 Å². The zero-order chi connectivity index (χ0) is 6.78. The van der Waals surface area contributed by atoms with E-state index in [2.05, 4.69) is 0 Å². The molecule has 0 fully saturated rings. The van der Waals surface area contributed by atoms with Crippen LogP contribution in [0.5, 0.6) is 0 Å². The van der Waals surface area contributed by atoms with Gasteiger partial charge in [0.2, 0.25) is 0 Å². The molecule has 0 saturated carbocycles. The van der Waals surface area contributed by atoms with Crippen LogP contribution in [0.1, 0.15) is 20.3 Å². The zero-order valence-corrected chi connectivity index (χ0v) is 8.10. The van der Waals surface area contributed by atoms with Gasteiger partial charge in [0.25, 0.3) is 0 Å². The second-order valence-corrected chi connectivity index (χ2v) is 2.06. The van der Waals surface area contributed by atoms with Crippen molar-refractivity contribution in [1.82, 2.24) is 0 Å². The van der Waals surface area contributed by atoms with Gasteiger partial charge in [0, 0.05) is 0 Å². The van der Waals surface area contributed by atoms with E-state index in [4.69, 9.17) is 5.73 Å². The van der Waals surface area contributed by atoms with Crippen molar-refractivity contribution in [3.8, 4) is 0 Å². The summed E-state index contributed by atoms with van der Waals surface area (Å²) < 4.78 is 0. The summed E-state index contributed by atoms with van der Waals surface area (Å²) in [5.41, 5.74) is 4.04. The Hall–Kier alpha value is 0.430. The fraction of sp³-hybridized carbons (Fsp3) is 0.800. The van der Waals surface area contributed by atoms with Gasteiger partial charge in [-0.05, 0) is 13.3 Å². The maximum atomic E-state index is 10.0. The summed E-state index contributed by atoms with van der Waals surface area (Å²) in [7, 11) is 0. The van der Waals surface area contributed by atoms with Crippen molar-refractivity contribution in [2.45, 2.75) is 25.8 Å². The van der Waals surface area contributed by atoms with Crippen molar-refractivity contribution in [3.05, 3.63) is 0 Å². The van der Waals surface area contributed by atoms with E-state index < -0.39 is 11.5 Å². The normalized spacial score (nSPS) is 15.4. The molecule has 0 aliphatic heterocycles. The van der Waals surface area contributed by atoms with E-state index in [0.29, 0.717) is 6.42 Å². The minimum Gasteiger partial charge on any atom is -0.548 e. The Labute approximate surface area is 76.9 Å². The quantitative estimate of drug-likeness (QED) is 0.395. The fourth-order valence-corrected chi connectivity index (χ4v) is 0.144. The number of carboxylic acids is 1. The number of rotatable bonds is 2. The first-order valence-corrected chi connectivity index (χ1v) is 2.51. The Morgan fingerprint density at radius 1 is 1.78 bits per heavy atom. The molecule has 0 aliphatic carbocycles. The summed E-state index contributed by atoms with van der Waals surface area (Å²) in [6.07, 6.45) is 0.398. The predicted molar refractivity (Wildman–Crippen MR) is 27.9 cm³/mol. The van der Waals surface area contributed by atoms with Gasteiger partial charge in [-0.15, -0.1) is 0 Å². The summed E-state index contributed by atoms with van der Waals surface area (Å²) in [6.45, 7) is 3.14. The van der Waals surface area contributed by atoms with E-state index in [1.54, 1.807) is 6.92 Å². The molecular formula is C5H10NNaO2. The third-order valence-electron chi connectivity index (χ3n) is 1.20. The molecular weight excluding hydrogens is 129 g/mol. The van der Waals surface area contributed by atoms with Crippen LogP contribution >= 0.6 is 0 Å². The third-order valence-corrected chi connectivity index (χ3v) is 1.20. The first kappa shape index (κ1) is 12.1. The third kappa shape index (κ3) is 3.92. The van der Waals surface area contributed by atoms with Gasteiger partial charge in [-0.25, -0.2) is 0 Å². The van der Waals surface area contributed by atoms with Gasteiger partial charge in [0.15, 0.2) is 0 Å². The van der Waals surface area contributed by atoms with Gasteiger partial charge in [0.05, 0.1) is 11.5 Å². The number of carbonyl (C=O) groups is 1. The largest absolute Gasteiger partial charge is 1.00 e. The molecule has 3 nitrogen and oxygen atoms in total. The first-order valence-electron chi connectivity index (χ1n) is 2.51. The van der Waals surface area contributed by atoms with Crippen molar-refractivity contribution in [2.75, 3.05) is 0 Å². The van der Waals surface area contributed by atoms with Crippen LogP contribution in [0.3, 0.4) is 0 Å². The second-order valence-electron chi connectivity index (χ2n) is 2.06. The Bertz CT molecular complexity index is 103. The molecule has 0 rings (SSSR count). The Morgan fingerprint density at radius 3 is 2.11 bits per heavy atom. The molecule has 0 aromatic carbocycles. The molecule has 9 heavy (non-hydrogen) atoms. The van der Waals surface area contributed by atoms with Crippen LogP contribution < -0.4 is 40.4 Å². The molecule has 4 heteroatoms. The SMILES string of the molecule is CCC(C)(N)C(=O)[O-].[Na+]. The fourth-order valence-electron chi connectivity index (χ4n) is 0.144. The monoisotopic (exact) mass is 139 g/mol. The van der Waals surface area contributed by atoms with Gasteiger partial charge in [-0.2, -0.15) is 0 Å². The van der Waals surface area contributed by atoms with E-state index >= 15 is 0 Å². The minimum atomic E-state index is -1.19. The summed E-state index contributed by atoms with van der Waals surface area (Å²) in [5.74, 6) is -1.19. The van der Waals surface area contributed by atoms with Crippen LogP contribution in [0.4, 0.5) is 0 Å². The van der Waals surface area contributed by atoms with Gasteiger partial charge in [0.1, 0.15) is 0 Å². The van der Waals surface area contributed by atoms with Crippen molar-refractivity contribution in [1.29, 1.82) is 0 Å². The predicted octanol–water partition coefficient (Wildman–Crippen LogP) is -4.13. The maximum Gasteiger partial charge on any atom is 1.00 e. The summed E-state index contributed by atoms with van der Waals surface area (Å²) in [6, 6.07) is 0. The first-order chi connectivity index (χ1) is 3.50. The molecule has 0 radical (unpaired) electrons. The van der Waals surface area contributed by atoms with Gasteiger partial charge in [-0.1, -0.05) is 6.92 Å². The van der Waals surface area contributed by atoms with E-state index in [-0.39, 0.29) is 29.6 Å². The van der Waals surface area contributed by atoms with Crippen molar-refractivity contribution >= 4 is 5.97 Å². The van der Waals surface area contributed by atoms with Crippen molar-refractivity contribution in [3.63, 3.8) is 0 Å². The van der Waals surface area contributed by atoms with Gasteiger partial charge >= 0.3 is 29.6 Å². The summed E-state index contributed by atoms with van der Waals surface area (Å²) >= 11 is 0. The number of nitrogens with two attached hydrogens (primary N) is 1. The van der Waals surface area contributed by atoms with Crippen LogP contribution in [0.25, 0.3) is 0 Å². The molecule has 0 heterocycles. The van der Waals surface area contributed by atoms with E-state index in [1.807, 2.05) is 0 Å². The molecule has 1 atom stereocenters. The molecule has 0 amide bonds. The molecule has 1 unspecified atom stereocenters. The van der Waals surface area contributed by atoms with Crippen LogP contribution in [0.2, 0.25) is 0 Å². The minimum absolute atomic E-state index is 0. The molecule has 2 N–H and O–H groups in total. The molecule has 0 spiro atoms. The smallest absolute Gasteiger partial charge is 0.548 e. The van der Waals surface area contributed by atoms with Gasteiger partial charge < -0.3 is 15.6 Å². The summed E-state index contributed by atoms with van der Waals surface area (Å²) in [5, 5.41) is 10.0. The molecule has 0 bridgehead atoms. The number of hydrogen-bond donors (Lipinski definition) is 1. The molecule has 0 aromatic rings. The van der Waals surface area contributed by atoms with Crippen molar-refractivity contribution in [2.24, 2.45) is 5.73 Å². The average Bonchev–Trinajstić information content (AvgIpc) is 1.67. The molecule has 48 valence electrons. The van der Waals surface area contributed by atoms with Crippen LogP contribution in [0, 0.1) is 0 Å². The molecule has 0 aromatic heterocycles. The number of carbonyl (C=O) groups excluding carboxylic acids is 1. The van der Waals surface area contributed by atoms with Crippen LogP contribution in [-0.2, 0) is 4.79 Å².